The van der Waals surface area contributed by atoms with Crippen LogP contribution in [0.5, 0.6) is 0 Å². The summed E-state index contributed by atoms with van der Waals surface area (Å²) in [6.45, 7) is 0. The van der Waals surface area contributed by atoms with E-state index in [1.807, 2.05) is 0 Å². The van der Waals surface area contributed by atoms with Crippen LogP contribution in [-0.2, 0) is 19.5 Å². The third-order valence-electron chi connectivity index (χ3n) is 0. The van der Waals surface area contributed by atoms with Gasteiger partial charge in [-0.2, -0.15) is 0 Å². The van der Waals surface area contributed by atoms with E-state index in [0.717, 1.165) is 0 Å². The molecule has 0 saturated heterocycles. The van der Waals surface area contributed by atoms with Gasteiger partial charge in [0.25, 0.3) is 0 Å². The van der Waals surface area contributed by atoms with Gasteiger partial charge in [-0.05, 0) is 0 Å². The Morgan fingerprint density at radius 1 is 0.750 bits per heavy atom. The minimum absolute atomic E-state index is 0. The average Bonchev–Trinajstić information content (AvgIpc) is 0. The van der Waals surface area contributed by atoms with Crippen molar-refractivity contribution >= 4 is 0 Å². The molecule has 0 fully saturated rings. The van der Waals surface area contributed by atoms with Gasteiger partial charge in [0, 0.05) is 0 Å². The molecule has 0 heterocycles. The van der Waals surface area contributed by atoms with Crippen molar-refractivity contribution in [2.75, 3.05) is 0 Å². The third-order valence-corrected chi connectivity index (χ3v) is 0. The summed E-state index contributed by atoms with van der Waals surface area (Å²) in [6.07, 6.45) is 0. The quantitative estimate of drug-likeness (QED) is 0.458. The second-order valence-electron chi connectivity index (χ2n) is 0. The van der Waals surface area contributed by atoms with E-state index in [0.29, 0.717) is 0 Å². The van der Waals surface area contributed by atoms with Gasteiger partial charge >= 0.3 is 19.5 Å². The van der Waals surface area contributed by atoms with Gasteiger partial charge in [0.15, 0.2) is 0 Å². The molecule has 0 spiro atoms. The smallest absolute Gasteiger partial charge is 0.412 e. The molecule has 0 saturated carbocycles. The van der Waals surface area contributed by atoms with Crippen molar-refractivity contribution < 1.29 is 25.0 Å². The molecule has 0 aliphatic carbocycles. The maximum absolute atomic E-state index is 0. The van der Waals surface area contributed by atoms with E-state index < -0.39 is 0 Å². The standard InChI is InChI=1S/2H3N.H2O.Ru/h2*1H3;1H2;/q;;;+3. The fourth-order valence-corrected chi connectivity index (χ4v) is 0. The van der Waals surface area contributed by atoms with Crippen LogP contribution in [0.4, 0.5) is 0 Å². The number of hydrogen-bond donors (Lipinski definition) is 2. The Hall–Kier alpha value is 0.503. The topological polar surface area (TPSA) is 102 Å². The molecule has 4 heavy (non-hydrogen) atoms. The summed E-state index contributed by atoms with van der Waals surface area (Å²) in [5, 5.41) is 0. The molecular formula is H8N2ORu+3. The Morgan fingerprint density at radius 2 is 0.750 bits per heavy atom. The zero-order valence-corrected chi connectivity index (χ0v) is 4.01. The molecule has 0 aliphatic heterocycles. The summed E-state index contributed by atoms with van der Waals surface area (Å²) in [7, 11) is 0. The minimum Gasteiger partial charge on any atom is -0.412 e. The van der Waals surface area contributed by atoms with E-state index in [1.54, 1.807) is 0 Å². The van der Waals surface area contributed by atoms with Crippen LogP contribution >= 0.6 is 0 Å². The van der Waals surface area contributed by atoms with E-state index in [9.17, 15) is 0 Å². The van der Waals surface area contributed by atoms with Crippen molar-refractivity contribution in [3.8, 4) is 0 Å². The number of rotatable bonds is 0. The van der Waals surface area contributed by atoms with E-state index in [1.165, 1.54) is 0 Å². The SMILES string of the molecule is N.N.O.[Ru+3]. The van der Waals surface area contributed by atoms with Gasteiger partial charge in [-0.15, -0.1) is 0 Å². The molecule has 0 aliphatic rings. The summed E-state index contributed by atoms with van der Waals surface area (Å²) >= 11 is 0. The fraction of sp³-hybridized carbons (Fsp3) is 0. The van der Waals surface area contributed by atoms with Gasteiger partial charge in [0.05, 0.1) is 0 Å². The van der Waals surface area contributed by atoms with Gasteiger partial charge < -0.3 is 17.8 Å². The molecule has 0 unspecified atom stereocenters. The van der Waals surface area contributed by atoms with Crippen LogP contribution in [0.2, 0.25) is 0 Å². The summed E-state index contributed by atoms with van der Waals surface area (Å²) < 4.78 is 0. The van der Waals surface area contributed by atoms with Crippen LogP contribution in [0.15, 0.2) is 0 Å². The molecular weight excluding hydrogens is 145 g/mol. The first kappa shape index (κ1) is 218. The van der Waals surface area contributed by atoms with Crippen molar-refractivity contribution in [3.05, 3.63) is 0 Å². The largest absolute Gasteiger partial charge is 3.00 e. The molecule has 1 radical (unpaired) electrons. The van der Waals surface area contributed by atoms with Crippen molar-refractivity contribution in [1.82, 2.24) is 12.3 Å². The second kappa shape index (κ2) is 86.6. The molecule has 0 atom stereocenters. The summed E-state index contributed by atoms with van der Waals surface area (Å²) in [6, 6.07) is 0. The molecule has 29 valence electrons. The van der Waals surface area contributed by atoms with Crippen LogP contribution in [0, 0.1) is 0 Å². The Labute approximate surface area is 38.0 Å². The maximum Gasteiger partial charge on any atom is 3.00 e. The molecule has 0 rings (SSSR count). The Kier molecular flexibility index (Phi) is 4730. The number of hydrogen-bond acceptors (Lipinski definition) is 2. The monoisotopic (exact) mass is 154 g/mol. The van der Waals surface area contributed by atoms with E-state index >= 15 is 0 Å². The molecule has 0 aromatic rings. The van der Waals surface area contributed by atoms with Crippen molar-refractivity contribution in [1.29, 1.82) is 0 Å². The van der Waals surface area contributed by atoms with Gasteiger partial charge in [-0.3, -0.25) is 0 Å². The molecule has 8 N–H and O–H groups in total. The predicted octanol–water partition coefficient (Wildman–Crippen LogP) is -0.503. The summed E-state index contributed by atoms with van der Waals surface area (Å²) in [5.41, 5.74) is 0. The minimum atomic E-state index is 0. The van der Waals surface area contributed by atoms with Crippen LogP contribution in [0.3, 0.4) is 0 Å². The first-order chi connectivity index (χ1) is 0. The van der Waals surface area contributed by atoms with Crippen LogP contribution < -0.4 is 12.3 Å². The zero-order chi connectivity index (χ0) is 0. The van der Waals surface area contributed by atoms with E-state index in [-0.39, 0.29) is 37.3 Å². The van der Waals surface area contributed by atoms with Crippen molar-refractivity contribution in [2.45, 2.75) is 0 Å². The molecule has 0 aromatic carbocycles. The van der Waals surface area contributed by atoms with Gasteiger partial charge in [-0.25, -0.2) is 0 Å². The zero-order valence-electron chi connectivity index (χ0n) is 2.27. The van der Waals surface area contributed by atoms with Gasteiger partial charge in [0.1, 0.15) is 0 Å². The van der Waals surface area contributed by atoms with E-state index in [4.69, 9.17) is 0 Å². The van der Waals surface area contributed by atoms with Gasteiger partial charge in [0.2, 0.25) is 0 Å². The van der Waals surface area contributed by atoms with Crippen molar-refractivity contribution in [3.63, 3.8) is 0 Å². The molecule has 0 bridgehead atoms. The normalized spacial score (nSPS) is 0. The van der Waals surface area contributed by atoms with E-state index in [2.05, 4.69) is 0 Å². The average molecular weight is 153 g/mol. The third kappa shape index (κ3) is 22.3. The first-order valence-corrected chi connectivity index (χ1v) is 0. The van der Waals surface area contributed by atoms with Crippen molar-refractivity contribution in [2.24, 2.45) is 0 Å². The first-order valence-electron chi connectivity index (χ1n) is 0. The van der Waals surface area contributed by atoms with Crippen LogP contribution in [0.25, 0.3) is 0 Å². The molecule has 3 nitrogen and oxygen atoms in total. The fourth-order valence-electron chi connectivity index (χ4n) is 0. The summed E-state index contributed by atoms with van der Waals surface area (Å²) in [5.74, 6) is 0. The van der Waals surface area contributed by atoms with Crippen LogP contribution in [0.1, 0.15) is 0 Å². The molecule has 0 amide bonds. The second-order valence-corrected chi connectivity index (χ2v) is 0. The molecule has 4 heteroatoms. The predicted molar refractivity (Wildman–Crippen MR) is 13.7 cm³/mol. The Morgan fingerprint density at radius 3 is 0.750 bits per heavy atom. The Balaban J connectivity index is 0. The Bertz CT molecular complexity index is 6.00. The summed E-state index contributed by atoms with van der Waals surface area (Å²) in [4.78, 5) is 0. The van der Waals surface area contributed by atoms with Gasteiger partial charge in [-0.1, -0.05) is 0 Å². The van der Waals surface area contributed by atoms with Crippen LogP contribution in [-0.4, -0.2) is 5.48 Å². The molecule has 0 aromatic heterocycles. The maximum atomic E-state index is 0.